The maximum atomic E-state index is 12.7. The number of benzene rings is 3. The summed E-state index contributed by atoms with van der Waals surface area (Å²) >= 11 is 5.94. The average molecular weight is 462 g/mol. The largest absolute Gasteiger partial charge is 0.493 e. The third kappa shape index (κ3) is 5.74. The first kappa shape index (κ1) is 22.9. The summed E-state index contributed by atoms with van der Waals surface area (Å²) in [4.78, 5) is 17.5. The minimum Gasteiger partial charge on any atom is -0.493 e. The summed E-state index contributed by atoms with van der Waals surface area (Å²) in [5, 5.41) is 3.76. The average Bonchev–Trinajstić information content (AvgIpc) is 3.18. The van der Waals surface area contributed by atoms with E-state index in [2.05, 4.69) is 16.0 Å². The second kappa shape index (κ2) is 10.5. The molecule has 4 rings (SSSR count). The van der Waals surface area contributed by atoms with Crippen molar-refractivity contribution in [1.82, 2.24) is 14.9 Å². The van der Waals surface area contributed by atoms with Gasteiger partial charge < -0.3 is 14.6 Å². The topological polar surface area (TPSA) is 56.1 Å². The van der Waals surface area contributed by atoms with Crippen molar-refractivity contribution in [3.63, 3.8) is 0 Å². The van der Waals surface area contributed by atoms with Crippen LogP contribution in [0, 0.1) is 6.92 Å². The van der Waals surface area contributed by atoms with Crippen LogP contribution in [0.3, 0.4) is 0 Å². The third-order valence-electron chi connectivity index (χ3n) is 5.60. The number of rotatable bonds is 9. The van der Waals surface area contributed by atoms with Gasteiger partial charge in [0.25, 0.3) is 0 Å². The lowest BCUT2D eigenvalue weighted by molar-refractivity contribution is -0.121. The monoisotopic (exact) mass is 461 g/mol. The second-order valence-corrected chi connectivity index (χ2v) is 8.61. The number of fused-ring (bicyclic) bond motifs is 1. The molecule has 0 bridgehead atoms. The molecule has 0 spiro atoms. The molecule has 0 aliphatic rings. The number of ether oxygens (including phenoxy) is 1. The molecule has 6 heteroatoms. The summed E-state index contributed by atoms with van der Waals surface area (Å²) < 4.78 is 8.16. The maximum absolute atomic E-state index is 12.7. The van der Waals surface area contributed by atoms with Gasteiger partial charge in [0.1, 0.15) is 11.6 Å². The van der Waals surface area contributed by atoms with Gasteiger partial charge in [0.2, 0.25) is 5.91 Å². The van der Waals surface area contributed by atoms with Crippen molar-refractivity contribution in [2.24, 2.45) is 0 Å². The summed E-state index contributed by atoms with van der Waals surface area (Å²) in [6.07, 6.45) is 1.12. The predicted octanol–water partition coefficient (Wildman–Crippen LogP) is 5.89. The highest BCUT2D eigenvalue weighted by molar-refractivity contribution is 6.30. The summed E-state index contributed by atoms with van der Waals surface area (Å²) in [6, 6.07) is 23.2. The van der Waals surface area contributed by atoms with Crippen molar-refractivity contribution in [2.75, 3.05) is 6.61 Å². The number of para-hydroxylation sites is 3. The Kier molecular flexibility index (Phi) is 7.30. The number of nitrogens with one attached hydrogen (secondary N) is 1. The Balaban J connectivity index is 1.44. The Labute approximate surface area is 199 Å². The molecular formula is C27H28ClN3O2. The van der Waals surface area contributed by atoms with Crippen molar-refractivity contribution in [1.29, 1.82) is 0 Å². The molecule has 1 heterocycles. The number of carbonyl (C=O) groups excluding carboxylic acids is 1. The zero-order valence-electron chi connectivity index (χ0n) is 18.9. The van der Waals surface area contributed by atoms with Crippen LogP contribution in [0.5, 0.6) is 5.75 Å². The molecule has 0 radical (unpaired) electrons. The number of hydrogen-bond acceptors (Lipinski definition) is 3. The number of aromatic nitrogens is 2. The molecule has 0 saturated heterocycles. The number of aryl methyl sites for hydroxylation is 2. The van der Waals surface area contributed by atoms with Crippen LogP contribution in [0.4, 0.5) is 0 Å². The number of amides is 1. The lowest BCUT2D eigenvalue weighted by atomic mass is 10.1. The fourth-order valence-electron chi connectivity index (χ4n) is 3.93. The molecule has 33 heavy (non-hydrogen) atoms. The minimum atomic E-state index is -0.227. The summed E-state index contributed by atoms with van der Waals surface area (Å²) in [6.45, 7) is 5.37. The summed E-state index contributed by atoms with van der Waals surface area (Å²) in [5.41, 5.74) is 4.03. The maximum Gasteiger partial charge on any atom is 0.224 e. The molecule has 1 unspecified atom stereocenters. The fraction of sp³-hybridized carbons (Fsp3) is 0.259. The molecule has 0 saturated carbocycles. The number of hydrogen-bond donors (Lipinski definition) is 1. The van der Waals surface area contributed by atoms with E-state index >= 15 is 0 Å². The summed E-state index contributed by atoms with van der Waals surface area (Å²) in [7, 11) is 0. The Hall–Kier alpha value is -3.31. The van der Waals surface area contributed by atoms with Gasteiger partial charge in [-0.15, -0.1) is 0 Å². The van der Waals surface area contributed by atoms with Gasteiger partial charge in [-0.05, 0) is 61.7 Å². The van der Waals surface area contributed by atoms with Crippen LogP contribution in [0.15, 0.2) is 72.8 Å². The molecule has 5 nitrogen and oxygen atoms in total. The zero-order chi connectivity index (χ0) is 23.2. The van der Waals surface area contributed by atoms with Gasteiger partial charge in [-0.25, -0.2) is 4.98 Å². The SMILES string of the molecule is Cc1ccccc1OCCCn1c(C(C)NC(=O)Cc2ccc(Cl)cc2)nc2ccccc21. The van der Waals surface area contributed by atoms with Gasteiger partial charge in [0, 0.05) is 11.6 Å². The van der Waals surface area contributed by atoms with Crippen LogP contribution < -0.4 is 10.1 Å². The van der Waals surface area contributed by atoms with E-state index in [4.69, 9.17) is 21.3 Å². The first-order valence-electron chi connectivity index (χ1n) is 11.2. The van der Waals surface area contributed by atoms with Crippen molar-refractivity contribution in [3.05, 3.63) is 94.8 Å². The number of carbonyl (C=O) groups is 1. The van der Waals surface area contributed by atoms with Gasteiger partial charge in [0.05, 0.1) is 30.1 Å². The first-order chi connectivity index (χ1) is 16.0. The van der Waals surface area contributed by atoms with Crippen LogP contribution in [0.2, 0.25) is 5.02 Å². The first-order valence-corrected chi connectivity index (χ1v) is 11.6. The number of imidazole rings is 1. The fourth-order valence-corrected chi connectivity index (χ4v) is 4.05. The predicted molar refractivity (Wildman–Crippen MR) is 133 cm³/mol. The van der Waals surface area contributed by atoms with Gasteiger partial charge in [-0.1, -0.05) is 54.1 Å². The molecule has 3 aromatic carbocycles. The van der Waals surface area contributed by atoms with Crippen molar-refractivity contribution in [3.8, 4) is 5.75 Å². The molecule has 0 aliphatic heterocycles. The Bertz CT molecular complexity index is 1230. The highest BCUT2D eigenvalue weighted by Crippen LogP contribution is 2.22. The Morgan fingerprint density at radius 3 is 2.58 bits per heavy atom. The van der Waals surface area contributed by atoms with E-state index in [-0.39, 0.29) is 11.9 Å². The zero-order valence-corrected chi connectivity index (χ0v) is 19.7. The lowest BCUT2D eigenvalue weighted by Crippen LogP contribution is -2.30. The standard InChI is InChI=1S/C27H28ClN3O2/c1-19-8-3-6-11-25(19)33-17-7-16-31-24-10-5-4-9-23(24)30-27(31)20(2)29-26(32)18-21-12-14-22(28)15-13-21/h3-6,8-15,20H,7,16-18H2,1-2H3,(H,29,32). The van der Waals surface area contributed by atoms with E-state index in [1.807, 2.05) is 68.4 Å². The normalized spacial score (nSPS) is 12.0. The Morgan fingerprint density at radius 1 is 1.06 bits per heavy atom. The molecule has 1 aromatic heterocycles. The molecular weight excluding hydrogens is 434 g/mol. The van der Waals surface area contributed by atoms with E-state index in [9.17, 15) is 4.79 Å². The molecule has 0 aliphatic carbocycles. The van der Waals surface area contributed by atoms with Gasteiger partial charge in [0.15, 0.2) is 0 Å². The van der Waals surface area contributed by atoms with Crippen LogP contribution in [0.1, 0.15) is 36.3 Å². The van der Waals surface area contributed by atoms with Gasteiger partial charge in [-0.2, -0.15) is 0 Å². The van der Waals surface area contributed by atoms with Crippen LogP contribution in [-0.2, 0) is 17.8 Å². The molecule has 1 amide bonds. The van der Waals surface area contributed by atoms with E-state index in [1.165, 1.54) is 0 Å². The van der Waals surface area contributed by atoms with Crippen LogP contribution in [-0.4, -0.2) is 22.1 Å². The lowest BCUT2D eigenvalue weighted by Gasteiger charge is -2.17. The molecule has 170 valence electrons. The van der Waals surface area contributed by atoms with E-state index in [0.717, 1.165) is 46.7 Å². The highest BCUT2D eigenvalue weighted by atomic mass is 35.5. The molecule has 4 aromatic rings. The van der Waals surface area contributed by atoms with Crippen molar-refractivity contribution in [2.45, 2.75) is 39.3 Å². The Morgan fingerprint density at radius 2 is 1.79 bits per heavy atom. The van der Waals surface area contributed by atoms with Crippen LogP contribution >= 0.6 is 11.6 Å². The molecule has 1 N–H and O–H groups in total. The quantitative estimate of drug-likeness (QED) is 0.316. The van der Waals surface area contributed by atoms with Crippen molar-refractivity contribution < 1.29 is 9.53 Å². The number of halogens is 1. The smallest absolute Gasteiger partial charge is 0.224 e. The third-order valence-corrected chi connectivity index (χ3v) is 5.86. The van der Waals surface area contributed by atoms with Gasteiger partial charge in [-0.3, -0.25) is 4.79 Å². The number of nitrogens with zero attached hydrogens (tertiary/aromatic N) is 2. The van der Waals surface area contributed by atoms with E-state index in [1.54, 1.807) is 12.1 Å². The van der Waals surface area contributed by atoms with Crippen molar-refractivity contribution >= 4 is 28.5 Å². The summed E-state index contributed by atoms with van der Waals surface area (Å²) in [5.74, 6) is 1.71. The minimum absolute atomic E-state index is 0.0497. The molecule has 0 fully saturated rings. The van der Waals surface area contributed by atoms with E-state index < -0.39 is 0 Å². The molecule has 1 atom stereocenters. The van der Waals surface area contributed by atoms with Crippen LogP contribution in [0.25, 0.3) is 11.0 Å². The van der Waals surface area contributed by atoms with Gasteiger partial charge >= 0.3 is 0 Å². The highest BCUT2D eigenvalue weighted by Gasteiger charge is 2.18. The van der Waals surface area contributed by atoms with E-state index in [0.29, 0.717) is 18.1 Å². The second-order valence-electron chi connectivity index (χ2n) is 8.17.